The molecule has 0 saturated heterocycles. The number of nitrogens with one attached hydrogen (secondary N) is 5. The quantitative estimate of drug-likeness (QED) is 0.0466. The molecule has 0 bridgehead atoms. The lowest BCUT2D eigenvalue weighted by Crippen LogP contribution is -2.57. The Hall–Kier alpha value is -4.44. The number of nitrogens with two attached hydrogens (primary N) is 3. The lowest BCUT2D eigenvalue weighted by Gasteiger charge is -2.24. The zero-order valence-electron chi connectivity index (χ0n) is 22.6. The summed E-state index contributed by atoms with van der Waals surface area (Å²) < 4.78 is 0. The molecule has 0 aliphatic heterocycles. The van der Waals surface area contributed by atoms with Crippen LogP contribution in [0.3, 0.4) is 0 Å². The van der Waals surface area contributed by atoms with Gasteiger partial charge in [-0.15, -0.1) is 0 Å². The van der Waals surface area contributed by atoms with Crippen LogP contribution in [0.25, 0.3) is 0 Å². The Morgan fingerprint density at radius 3 is 1.98 bits per heavy atom. The van der Waals surface area contributed by atoms with Crippen LogP contribution in [0.4, 0.5) is 0 Å². The monoisotopic (exact) mass is 580 g/mol. The Morgan fingerprint density at radius 1 is 0.829 bits per heavy atom. The van der Waals surface area contributed by atoms with E-state index in [0.29, 0.717) is 37.9 Å². The van der Waals surface area contributed by atoms with Crippen molar-refractivity contribution in [3.05, 3.63) is 29.8 Å². The third-order valence-corrected chi connectivity index (χ3v) is 5.93. The molecule has 1 aromatic rings. The Balaban J connectivity index is 2.96. The van der Waals surface area contributed by atoms with Crippen LogP contribution in [0.5, 0.6) is 5.75 Å². The van der Waals surface area contributed by atoms with Gasteiger partial charge in [0, 0.05) is 13.0 Å². The number of unbranched alkanes of at least 4 members (excludes halogenated alkanes) is 1. The van der Waals surface area contributed by atoms with E-state index < -0.39 is 60.2 Å². The molecule has 0 saturated carbocycles. The molecule has 1 aromatic carbocycles. The first-order valence-corrected chi connectivity index (χ1v) is 13.0. The predicted molar refractivity (Wildman–Crippen MR) is 148 cm³/mol. The van der Waals surface area contributed by atoms with Crippen LogP contribution in [-0.4, -0.2) is 88.2 Å². The smallest absolute Gasteiger partial charge is 0.326 e. The molecular weight excluding hydrogens is 540 g/mol. The second-order valence-corrected chi connectivity index (χ2v) is 9.36. The number of hydrogen-bond acceptors (Lipinski definition) is 9. The van der Waals surface area contributed by atoms with Crippen molar-refractivity contribution in [3.63, 3.8) is 0 Å². The first kappa shape index (κ1) is 34.6. The molecule has 0 aromatic heterocycles. The van der Waals surface area contributed by atoms with E-state index in [-0.39, 0.29) is 31.0 Å². The zero-order chi connectivity index (χ0) is 30.9. The van der Waals surface area contributed by atoms with Crippen molar-refractivity contribution in [2.75, 3.05) is 13.1 Å². The minimum Gasteiger partial charge on any atom is -0.508 e. The van der Waals surface area contributed by atoms with Crippen LogP contribution < -0.4 is 38.5 Å². The molecule has 3 amide bonds. The van der Waals surface area contributed by atoms with Crippen LogP contribution in [0.2, 0.25) is 0 Å². The van der Waals surface area contributed by atoms with Gasteiger partial charge in [0.05, 0.1) is 12.5 Å². The number of rotatable bonds is 19. The third kappa shape index (κ3) is 14.0. The molecule has 14 N–H and O–H groups in total. The van der Waals surface area contributed by atoms with Gasteiger partial charge in [0.15, 0.2) is 5.96 Å². The van der Waals surface area contributed by atoms with Gasteiger partial charge in [-0.1, -0.05) is 12.1 Å². The van der Waals surface area contributed by atoms with Crippen molar-refractivity contribution in [1.82, 2.24) is 21.3 Å². The van der Waals surface area contributed by atoms with Crippen molar-refractivity contribution in [1.29, 1.82) is 5.41 Å². The van der Waals surface area contributed by atoms with E-state index in [1.54, 1.807) is 0 Å². The van der Waals surface area contributed by atoms with E-state index in [9.17, 15) is 39.3 Å². The second-order valence-electron chi connectivity index (χ2n) is 9.36. The number of guanidine groups is 1. The summed E-state index contributed by atoms with van der Waals surface area (Å²) in [7, 11) is 0. The number of benzene rings is 1. The molecule has 0 spiro atoms. The number of amides is 3. The summed E-state index contributed by atoms with van der Waals surface area (Å²) in [5.41, 5.74) is 17.1. The van der Waals surface area contributed by atoms with E-state index in [1.165, 1.54) is 24.3 Å². The van der Waals surface area contributed by atoms with Gasteiger partial charge in [-0.3, -0.25) is 24.6 Å². The van der Waals surface area contributed by atoms with Crippen molar-refractivity contribution < 1.29 is 39.3 Å². The molecule has 4 atom stereocenters. The maximum atomic E-state index is 13.1. The number of carbonyl (C=O) groups excluding carboxylic acids is 3. The van der Waals surface area contributed by atoms with E-state index in [1.807, 2.05) is 0 Å². The van der Waals surface area contributed by atoms with Gasteiger partial charge >= 0.3 is 11.9 Å². The summed E-state index contributed by atoms with van der Waals surface area (Å²) in [6, 6.07) is 0.336. The lowest BCUT2D eigenvalue weighted by molar-refractivity contribution is -0.143. The second kappa shape index (κ2) is 18.0. The van der Waals surface area contributed by atoms with Gasteiger partial charge in [0.2, 0.25) is 17.7 Å². The first-order chi connectivity index (χ1) is 19.3. The minimum absolute atomic E-state index is 0.0343. The van der Waals surface area contributed by atoms with E-state index in [2.05, 4.69) is 21.3 Å². The Morgan fingerprint density at radius 2 is 1.41 bits per heavy atom. The number of carbonyl (C=O) groups is 5. The summed E-state index contributed by atoms with van der Waals surface area (Å²) in [5.74, 6) is -5.64. The number of phenolic OH excluding ortho intramolecular Hbond substituents is 1. The standard InChI is InChI=1S/C25H40N8O8/c26-10-2-1-5-17(31-21(37)16(27)4-3-11-30-25(28)29)22(38)32-18(13-20(35)36)23(39)33-19(24(40)41)12-14-6-8-15(34)9-7-14/h6-9,16-19,34H,1-5,10-13,26-27H2,(H,31,37)(H,32,38)(H,33,39)(H,35,36)(H,40,41)(H4,28,29,30). The molecule has 228 valence electrons. The highest BCUT2D eigenvalue weighted by Crippen LogP contribution is 2.12. The number of phenols is 1. The molecule has 0 aliphatic carbocycles. The maximum Gasteiger partial charge on any atom is 0.326 e. The van der Waals surface area contributed by atoms with Gasteiger partial charge < -0.3 is 53.8 Å². The summed E-state index contributed by atoms with van der Waals surface area (Å²) >= 11 is 0. The first-order valence-electron chi connectivity index (χ1n) is 13.0. The third-order valence-electron chi connectivity index (χ3n) is 5.93. The number of aromatic hydroxyl groups is 1. The molecule has 41 heavy (non-hydrogen) atoms. The van der Waals surface area contributed by atoms with Gasteiger partial charge in [-0.05, 0) is 56.3 Å². The van der Waals surface area contributed by atoms with Crippen LogP contribution in [0.15, 0.2) is 24.3 Å². The fourth-order valence-electron chi connectivity index (χ4n) is 3.71. The predicted octanol–water partition coefficient (Wildman–Crippen LogP) is -2.33. The van der Waals surface area contributed by atoms with E-state index in [4.69, 9.17) is 22.6 Å². The summed E-state index contributed by atoms with van der Waals surface area (Å²) in [4.78, 5) is 61.9. The molecule has 0 fully saturated rings. The summed E-state index contributed by atoms with van der Waals surface area (Å²) in [6.45, 7) is 0.638. The van der Waals surface area contributed by atoms with Crippen molar-refractivity contribution >= 4 is 35.6 Å². The SMILES string of the molecule is N=C(N)NCCCC(N)C(=O)NC(CCCCN)C(=O)NC(CC(=O)O)C(=O)NC(Cc1ccc(O)cc1)C(=O)O. The highest BCUT2D eigenvalue weighted by molar-refractivity contribution is 5.95. The highest BCUT2D eigenvalue weighted by atomic mass is 16.4. The molecule has 0 heterocycles. The topological polar surface area (TPSA) is 296 Å². The fourth-order valence-corrected chi connectivity index (χ4v) is 3.71. The number of carboxylic acid groups (broad SMARTS) is 2. The van der Waals surface area contributed by atoms with E-state index >= 15 is 0 Å². The fraction of sp³-hybridized carbons (Fsp3) is 0.520. The Bertz CT molecular complexity index is 1050. The Kier molecular flexibility index (Phi) is 15.2. The number of aliphatic carboxylic acids is 2. The summed E-state index contributed by atoms with van der Waals surface area (Å²) in [6.07, 6.45) is 0.670. The van der Waals surface area contributed by atoms with Crippen molar-refractivity contribution in [3.8, 4) is 5.75 Å². The molecule has 1 rings (SSSR count). The van der Waals surface area contributed by atoms with E-state index in [0.717, 1.165) is 0 Å². The van der Waals surface area contributed by atoms with Crippen LogP contribution in [0.1, 0.15) is 44.1 Å². The zero-order valence-corrected chi connectivity index (χ0v) is 22.6. The van der Waals surface area contributed by atoms with Crippen molar-refractivity contribution in [2.24, 2.45) is 17.2 Å². The van der Waals surface area contributed by atoms with Gasteiger partial charge in [0.25, 0.3) is 0 Å². The van der Waals surface area contributed by atoms with Crippen LogP contribution in [-0.2, 0) is 30.4 Å². The van der Waals surface area contributed by atoms with Crippen molar-refractivity contribution in [2.45, 2.75) is 69.1 Å². The molecule has 0 radical (unpaired) electrons. The van der Waals surface area contributed by atoms with Crippen LogP contribution in [0, 0.1) is 5.41 Å². The average molecular weight is 581 g/mol. The molecule has 0 aliphatic rings. The van der Waals surface area contributed by atoms with Crippen LogP contribution >= 0.6 is 0 Å². The molecular formula is C25H40N8O8. The lowest BCUT2D eigenvalue weighted by atomic mass is 10.0. The van der Waals surface area contributed by atoms with Gasteiger partial charge in [-0.25, -0.2) is 4.79 Å². The maximum absolute atomic E-state index is 13.1. The average Bonchev–Trinajstić information content (AvgIpc) is 2.90. The van der Waals surface area contributed by atoms with Gasteiger partial charge in [-0.2, -0.15) is 0 Å². The highest BCUT2D eigenvalue weighted by Gasteiger charge is 2.31. The number of carboxylic acids is 2. The molecule has 16 heteroatoms. The number of hydrogen-bond donors (Lipinski definition) is 11. The minimum atomic E-state index is -1.65. The summed E-state index contributed by atoms with van der Waals surface area (Å²) in [5, 5.41) is 45.1. The Labute approximate surface area is 236 Å². The normalized spacial score (nSPS) is 13.6. The largest absolute Gasteiger partial charge is 0.508 e. The van der Waals surface area contributed by atoms with Gasteiger partial charge in [0.1, 0.15) is 23.9 Å². The molecule has 16 nitrogen and oxygen atoms in total. The molecule has 4 unspecified atom stereocenters.